The second kappa shape index (κ2) is 5.67. The highest BCUT2D eigenvalue weighted by Crippen LogP contribution is 2.46. The number of nitrogens with zero attached hydrogens (tertiary/aromatic N) is 1. The van der Waals surface area contributed by atoms with Crippen LogP contribution in [0.3, 0.4) is 0 Å². The number of rotatable bonds is 3. The van der Waals surface area contributed by atoms with E-state index in [1.807, 2.05) is 0 Å². The number of aromatic nitrogens is 1. The predicted molar refractivity (Wildman–Crippen MR) is 72.5 cm³/mol. The quantitative estimate of drug-likeness (QED) is 0.797. The van der Waals surface area contributed by atoms with Gasteiger partial charge in [0.25, 0.3) is 0 Å². The van der Waals surface area contributed by atoms with E-state index in [4.69, 9.17) is 9.47 Å². The molecule has 2 unspecified atom stereocenters. The van der Waals surface area contributed by atoms with Gasteiger partial charge in [-0.25, -0.2) is 4.98 Å². The van der Waals surface area contributed by atoms with Crippen LogP contribution < -0.4 is 0 Å². The Morgan fingerprint density at radius 2 is 2.33 bits per heavy atom. The van der Waals surface area contributed by atoms with Gasteiger partial charge < -0.3 is 9.47 Å². The third-order valence-electron chi connectivity index (χ3n) is 3.54. The molecular formula is C12H16BrNO3S. The number of halogens is 1. The minimum Gasteiger partial charge on any atom is -0.469 e. The van der Waals surface area contributed by atoms with E-state index in [1.165, 1.54) is 18.4 Å². The Morgan fingerprint density at radius 1 is 1.56 bits per heavy atom. The molecule has 1 aliphatic carbocycles. The zero-order chi connectivity index (χ0) is 13.2. The molecule has 2 atom stereocenters. The normalized spacial score (nSPS) is 28.1. The Morgan fingerprint density at radius 3 is 2.89 bits per heavy atom. The Labute approximate surface area is 119 Å². The van der Waals surface area contributed by atoms with Gasteiger partial charge in [-0.15, -0.1) is 11.3 Å². The summed E-state index contributed by atoms with van der Waals surface area (Å²) in [5, 5.41) is 0.854. The van der Waals surface area contributed by atoms with Gasteiger partial charge in [-0.2, -0.15) is 0 Å². The van der Waals surface area contributed by atoms with Crippen molar-refractivity contribution in [3.8, 4) is 0 Å². The van der Waals surface area contributed by atoms with Crippen molar-refractivity contribution in [1.82, 2.24) is 4.98 Å². The van der Waals surface area contributed by atoms with Crippen LogP contribution in [0.15, 0.2) is 9.98 Å². The standard InChI is InChI=1S/C12H16BrNO3S/c1-16-10(15)8-5-3-4-6-12(8,17-2)11-14-7-9(13)18-11/h7-8H,3-6H2,1-2H3. The first kappa shape index (κ1) is 14.0. The number of thiazole rings is 1. The van der Waals surface area contributed by atoms with E-state index < -0.39 is 5.60 Å². The Bertz CT molecular complexity index is 437. The molecule has 0 radical (unpaired) electrons. The Hall–Kier alpha value is -0.460. The molecule has 6 heteroatoms. The molecule has 1 aliphatic rings. The molecule has 1 aromatic heterocycles. The van der Waals surface area contributed by atoms with E-state index in [1.54, 1.807) is 13.3 Å². The number of carbonyl (C=O) groups is 1. The van der Waals surface area contributed by atoms with Gasteiger partial charge in [-0.1, -0.05) is 12.8 Å². The van der Waals surface area contributed by atoms with Gasteiger partial charge >= 0.3 is 5.97 Å². The molecule has 18 heavy (non-hydrogen) atoms. The number of esters is 1. The summed E-state index contributed by atoms with van der Waals surface area (Å²) in [7, 11) is 3.08. The topological polar surface area (TPSA) is 48.4 Å². The Kier molecular flexibility index (Phi) is 4.40. The number of hydrogen-bond acceptors (Lipinski definition) is 5. The van der Waals surface area contributed by atoms with Crippen LogP contribution in [0.4, 0.5) is 0 Å². The first-order valence-corrected chi connectivity index (χ1v) is 7.50. The molecule has 1 heterocycles. The minimum atomic E-state index is -0.623. The molecule has 1 saturated carbocycles. The van der Waals surface area contributed by atoms with Crippen molar-refractivity contribution in [2.24, 2.45) is 5.92 Å². The smallest absolute Gasteiger partial charge is 0.312 e. The molecule has 0 aromatic carbocycles. The summed E-state index contributed by atoms with van der Waals surface area (Å²) < 4.78 is 11.6. The van der Waals surface area contributed by atoms with Crippen molar-refractivity contribution in [3.05, 3.63) is 15.0 Å². The number of hydrogen-bond donors (Lipinski definition) is 0. The molecule has 1 aromatic rings. The maximum Gasteiger partial charge on any atom is 0.312 e. The zero-order valence-corrected chi connectivity index (χ0v) is 12.8. The summed E-state index contributed by atoms with van der Waals surface area (Å²) in [4.78, 5) is 16.4. The van der Waals surface area contributed by atoms with Crippen molar-refractivity contribution in [2.45, 2.75) is 31.3 Å². The lowest BCUT2D eigenvalue weighted by atomic mass is 9.75. The molecule has 4 nitrogen and oxygen atoms in total. The van der Waals surface area contributed by atoms with Gasteiger partial charge in [0.2, 0.25) is 0 Å². The molecule has 2 rings (SSSR count). The fraction of sp³-hybridized carbons (Fsp3) is 0.667. The second-order valence-electron chi connectivity index (χ2n) is 4.38. The lowest BCUT2D eigenvalue weighted by Gasteiger charge is -2.39. The van der Waals surface area contributed by atoms with E-state index in [-0.39, 0.29) is 11.9 Å². The van der Waals surface area contributed by atoms with Gasteiger partial charge in [0, 0.05) is 7.11 Å². The molecule has 0 bridgehead atoms. The maximum absolute atomic E-state index is 12.0. The second-order valence-corrected chi connectivity index (χ2v) is 6.79. The average molecular weight is 334 g/mol. The first-order valence-electron chi connectivity index (χ1n) is 5.89. The predicted octanol–water partition coefficient (Wildman–Crippen LogP) is 3.11. The van der Waals surface area contributed by atoms with E-state index in [9.17, 15) is 4.79 Å². The fourth-order valence-corrected chi connectivity index (χ4v) is 4.09. The molecule has 0 N–H and O–H groups in total. The van der Waals surface area contributed by atoms with E-state index >= 15 is 0 Å². The van der Waals surface area contributed by atoms with Crippen LogP contribution in [0.5, 0.6) is 0 Å². The highest BCUT2D eigenvalue weighted by Gasteiger charge is 2.49. The molecule has 1 fully saturated rings. The third kappa shape index (κ3) is 2.33. The zero-order valence-electron chi connectivity index (χ0n) is 10.4. The minimum absolute atomic E-state index is 0.206. The van der Waals surface area contributed by atoms with E-state index in [0.29, 0.717) is 0 Å². The largest absolute Gasteiger partial charge is 0.469 e. The summed E-state index contributed by atoms with van der Waals surface area (Å²) in [5.74, 6) is -0.470. The highest BCUT2D eigenvalue weighted by atomic mass is 79.9. The maximum atomic E-state index is 12.0. The summed E-state index contributed by atoms with van der Waals surface area (Å²) in [6.07, 6.45) is 5.42. The number of carbonyl (C=O) groups excluding carboxylic acids is 1. The lowest BCUT2D eigenvalue weighted by molar-refractivity contribution is -0.165. The first-order chi connectivity index (χ1) is 8.64. The van der Waals surface area contributed by atoms with Crippen LogP contribution in [-0.4, -0.2) is 25.2 Å². The van der Waals surface area contributed by atoms with Crippen molar-refractivity contribution in [2.75, 3.05) is 14.2 Å². The van der Waals surface area contributed by atoms with Crippen molar-refractivity contribution in [1.29, 1.82) is 0 Å². The molecule has 100 valence electrons. The molecule has 0 spiro atoms. The van der Waals surface area contributed by atoms with Gasteiger partial charge in [-0.05, 0) is 28.8 Å². The van der Waals surface area contributed by atoms with Crippen LogP contribution >= 0.6 is 27.3 Å². The van der Waals surface area contributed by atoms with Gasteiger partial charge in [0.1, 0.15) is 10.6 Å². The van der Waals surface area contributed by atoms with Gasteiger partial charge in [-0.3, -0.25) is 4.79 Å². The van der Waals surface area contributed by atoms with Crippen LogP contribution in [0.1, 0.15) is 30.7 Å². The molecule has 0 amide bonds. The summed E-state index contributed by atoms with van der Waals surface area (Å²) in [6, 6.07) is 0. The van der Waals surface area contributed by atoms with Crippen LogP contribution in [0, 0.1) is 5.92 Å². The third-order valence-corrected chi connectivity index (χ3v) is 5.18. The Balaban J connectivity index is 2.40. The average Bonchev–Trinajstić information content (AvgIpc) is 2.84. The van der Waals surface area contributed by atoms with Crippen LogP contribution in [0.2, 0.25) is 0 Å². The number of ether oxygens (including phenoxy) is 2. The van der Waals surface area contributed by atoms with Crippen molar-refractivity contribution in [3.63, 3.8) is 0 Å². The van der Waals surface area contributed by atoms with Crippen LogP contribution in [-0.2, 0) is 19.9 Å². The van der Waals surface area contributed by atoms with Crippen molar-refractivity contribution >= 4 is 33.2 Å². The van der Waals surface area contributed by atoms with E-state index in [2.05, 4.69) is 20.9 Å². The lowest BCUT2D eigenvalue weighted by Crippen LogP contribution is -2.44. The van der Waals surface area contributed by atoms with E-state index in [0.717, 1.165) is 34.5 Å². The molecule has 0 saturated heterocycles. The highest BCUT2D eigenvalue weighted by molar-refractivity contribution is 9.11. The van der Waals surface area contributed by atoms with Crippen LogP contribution in [0.25, 0.3) is 0 Å². The SMILES string of the molecule is COC(=O)C1CCCCC1(OC)c1ncc(Br)s1. The summed E-state index contributed by atoms with van der Waals surface area (Å²) in [5.41, 5.74) is -0.623. The summed E-state index contributed by atoms with van der Waals surface area (Å²) in [6.45, 7) is 0. The number of methoxy groups -OCH3 is 2. The molecular weight excluding hydrogens is 318 g/mol. The van der Waals surface area contributed by atoms with Crippen molar-refractivity contribution < 1.29 is 14.3 Å². The monoisotopic (exact) mass is 333 g/mol. The summed E-state index contributed by atoms with van der Waals surface area (Å²) >= 11 is 4.93. The fourth-order valence-electron chi connectivity index (χ4n) is 2.63. The van der Waals surface area contributed by atoms with Gasteiger partial charge in [0.05, 0.1) is 23.0 Å². The molecule has 0 aliphatic heterocycles. The van der Waals surface area contributed by atoms with Gasteiger partial charge in [0.15, 0.2) is 0 Å².